The van der Waals surface area contributed by atoms with Crippen molar-refractivity contribution < 1.29 is 4.74 Å². The number of fused-ring (bicyclic) bond motifs is 1. The van der Waals surface area contributed by atoms with Gasteiger partial charge in [0, 0.05) is 17.8 Å². The molecule has 1 unspecified atom stereocenters. The highest BCUT2D eigenvalue weighted by Gasteiger charge is 2.27. The van der Waals surface area contributed by atoms with E-state index < -0.39 is 0 Å². The van der Waals surface area contributed by atoms with E-state index in [0.29, 0.717) is 18.1 Å². The van der Waals surface area contributed by atoms with Gasteiger partial charge in [-0.15, -0.1) is 0 Å². The number of ether oxygens (including phenoxy) is 1. The second kappa shape index (κ2) is 4.78. The van der Waals surface area contributed by atoms with Crippen molar-refractivity contribution in [1.29, 1.82) is 0 Å². The first-order valence-electron chi connectivity index (χ1n) is 6.24. The predicted molar refractivity (Wildman–Crippen MR) is 72.8 cm³/mol. The Balaban J connectivity index is 1.86. The first-order valence-corrected chi connectivity index (χ1v) is 6.65. The lowest BCUT2D eigenvalue weighted by Gasteiger charge is -2.34. The minimum atomic E-state index is -0.166. The first-order chi connectivity index (χ1) is 8.75. The summed E-state index contributed by atoms with van der Waals surface area (Å²) in [4.78, 5) is 11.4. The van der Waals surface area contributed by atoms with Gasteiger partial charge in [-0.25, -0.2) is 9.97 Å². The highest BCUT2D eigenvalue weighted by Crippen LogP contribution is 2.28. The molecule has 6 heteroatoms. The molecule has 2 aliphatic rings. The van der Waals surface area contributed by atoms with Gasteiger partial charge in [0.2, 0.25) is 0 Å². The van der Waals surface area contributed by atoms with Crippen LogP contribution in [-0.4, -0.2) is 40.8 Å². The number of rotatable bonds is 2. The third-order valence-electron chi connectivity index (χ3n) is 3.54. The van der Waals surface area contributed by atoms with Crippen molar-refractivity contribution in [1.82, 2.24) is 9.97 Å². The molecule has 0 aromatic carbocycles. The number of thiocarbonyl (C=S) groups is 1. The second-order valence-electron chi connectivity index (χ2n) is 4.68. The fourth-order valence-electron chi connectivity index (χ4n) is 2.63. The van der Waals surface area contributed by atoms with Crippen LogP contribution in [0.5, 0.6) is 0 Å². The summed E-state index contributed by atoms with van der Waals surface area (Å²) in [6.07, 6.45) is 4.80. The lowest BCUT2D eigenvalue weighted by atomic mass is 10.2. The standard InChI is InChI=1S/C12H16N4OS/c13-11(18)10-6-16(4-5-17-10)12-8-2-1-3-9(8)14-7-15-12/h7,10H,1-6H2,(H2,13,18). The Hall–Kier alpha value is -1.27. The molecule has 1 aliphatic carbocycles. The molecule has 2 N–H and O–H groups in total. The van der Waals surface area contributed by atoms with Crippen molar-refractivity contribution in [3.8, 4) is 0 Å². The summed E-state index contributed by atoms with van der Waals surface area (Å²) >= 11 is 5.01. The van der Waals surface area contributed by atoms with E-state index in [-0.39, 0.29) is 6.10 Å². The molecule has 3 rings (SSSR count). The average Bonchev–Trinajstić information content (AvgIpc) is 2.87. The van der Waals surface area contributed by atoms with Crippen molar-refractivity contribution in [3.05, 3.63) is 17.6 Å². The molecule has 0 spiro atoms. The largest absolute Gasteiger partial charge is 0.391 e. The zero-order chi connectivity index (χ0) is 12.5. The predicted octanol–water partition coefficient (Wildman–Crippen LogP) is 0.457. The first kappa shape index (κ1) is 11.8. The Labute approximate surface area is 111 Å². The fraction of sp³-hybridized carbons (Fsp3) is 0.583. The van der Waals surface area contributed by atoms with Crippen molar-refractivity contribution in [2.24, 2.45) is 5.73 Å². The van der Waals surface area contributed by atoms with Crippen LogP contribution in [-0.2, 0) is 17.6 Å². The summed E-state index contributed by atoms with van der Waals surface area (Å²) in [7, 11) is 0. The van der Waals surface area contributed by atoms with Gasteiger partial charge < -0.3 is 15.4 Å². The molecule has 1 atom stereocenters. The molecule has 0 radical (unpaired) electrons. The highest BCUT2D eigenvalue weighted by atomic mass is 32.1. The van der Waals surface area contributed by atoms with Crippen LogP contribution in [0.3, 0.4) is 0 Å². The summed E-state index contributed by atoms with van der Waals surface area (Å²) in [6.45, 7) is 2.17. The molecule has 1 aromatic heterocycles. The lowest BCUT2D eigenvalue weighted by Crippen LogP contribution is -2.48. The molecule has 1 aliphatic heterocycles. The maximum Gasteiger partial charge on any atom is 0.135 e. The molecule has 1 saturated heterocycles. The van der Waals surface area contributed by atoms with Gasteiger partial charge in [0.05, 0.1) is 13.2 Å². The van der Waals surface area contributed by atoms with E-state index in [1.165, 1.54) is 17.7 Å². The smallest absolute Gasteiger partial charge is 0.135 e. The van der Waals surface area contributed by atoms with Crippen molar-refractivity contribution in [2.75, 3.05) is 24.6 Å². The maximum atomic E-state index is 5.67. The van der Waals surface area contributed by atoms with Crippen LogP contribution in [0, 0.1) is 0 Å². The summed E-state index contributed by atoms with van der Waals surface area (Å²) in [5.74, 6) is 1.04. The number of morpholine rings is 1. The van der Waals surface area contributed by atoms with Crippen LogP contribution in [0.1, 0.15) is 17.7 Å². The molecule has 1 fully saturated rings. The third-order valence-corrected chi connectivity index (χ3v) is 3.80. The zero-order valence-electron chi connectivity index (χ0n) is 10.1. The molecule has 18 heavy (non-hydrogen) atoms. The van der Waals surface area contributed by atoms with Gasteiger partial charge in [-0.1, -0.05) is 12.2 Å². The van der Waals surface area contributed by atoms with Gasteiger partial charge in [0.15, 0.2) is 0 Å². The number of nitrogens with zero attached hydrogens (tertiary/aromatic N) is 3. The number of nitrogens with two attached hydrogens (primary N) is 1. The van der Waals surface area contributed by atoms with Gasteiger partial charge >= 0.3 is 0 Å². The summed E-state index contributed by atoms with van der Waals surface area (Å²) in [5, 5.41) is 0. The van der Waals surface area contributed by atoms with Crippen LogP contribution in [0.25, 0.3) is 0 Å². The van der Waals surface area contributed by atoms with Crippen molar-refractivity contribution >= 4 is 23.0 Å². The SMILES string of the molecule is NC(=S)C1CN(c2ncnc3c2CCC3)CCO1. The van der Waals surface area contributed by atoms with Gasteiger partial charge in [0.25, 0.3) is 0 Å². The average molecular weight is 264 g/mol. The molecule has 0 amide bonds. The van der Waals surface area contributed by atoms with E-state index >= 15 is 0 Å². The topological polar surface area (TPSA) is 64.3 Å². The minimum Gasteiger partial charge on any atom is -0.391 e. The third kappa shape index (κ3) is 2.06. The Bertz CT molecular complexity index is 479. The van der Waals surface area contributed by atoms with Crippen LogP contribution in [0.15, 0.2) is 6.33 Å². The molecule has 1 aromatic rings. The normalized spacial score (nSPS) is 22.9. The minimum absolute atomic E-state index is 0.166. The molecular formula is C12H16N4OS. The number of aryl methyl sites for hydroxylation is 1. The Morgan fingerprint density at radius 1 is 1.44 bits per heavy atom. The number of hydrogen-bond donors (Lipinski definition) is 1. The Kier molecular flexibility index (Phi) is 3.13. The van der Waals surface area contributed by atoms with Crippen LogP contribution in [0.4, 0.5) is 5.82 Å². The molecular weight excluding hydrogens is 248 g/mol. The Morgan fingerprint density at radius 2 is 2.33 bits per heavy atom. The fourth-order valence-corrected chi connectivity index (χ4v) is 2.77. The zero-order valence-corrected chi connectivity index (χ0v) is 10.9. The van der Waals surface area contributed by atoms with E-state index in [9.17, 15) is 0 Å². The molecule has 96 valence electrons. The van der Waals surface area contributed by atoms with E-state index in [4.69, 9.17) is 22.7 Å². The van der Waals surface area contributed by atoms with Crippen LogP contribution in [0.2, 0.25) is 0 Å². The van der Waals surface area contributed by atoms with Gasteiger partial charge in [-0.05, 0) is 19.3 Å². The highest BCUT2D eigenvalue weighted by molar-refractivity contribution is 7.80. The van der Waals surface area contributed by atoms with Gasteiger partial charge in [-0.2, -0.15) is 0 Å². The molecule has 0 saturated carbocycles. The van der Waals surface area contributed by atoms with E-state index in [0.717, 1.165) is 25.2 Å². The van der Waals surface area contributed by atoms with Gasteiger partial charge in [-0.3, -0.25) is 0 Å². The van der Waals surface area contributed by atoms with Crippen molar-refractivity contribution in [2.45, 2.75) is 25.4 Å². The monoisotopic (exact) mass is 264 g/mol. The van der Waals surface area contributed by atoms with Crippen LogP contribution >= 0.6 is 12.2 Å². The van der Waals surface area contributed by atoms with E-state index in [1.807, 2.05) is 0 Å². The van der Waals surface area contributed by atoms with Crippen LogP contribution < -0.4 is 10.6 Å². The van der Waals surface area contributed by atoms with Gasteiger partial charge in [0.1, 0.15) is 23.2 Å². The summed E-state index contributed by atoms with van der Waals surface area (Å²) in [5.41, 5.74) is 8.15. The quantitative estimate of drug-likeness (QED) is 0.783. The van der Waals surface area contributed by atoms with Crippen molar-refractivity contribution in [3.63, 3.8) is 0 Å². The molecule has 5 nitrogen and oxygen atoms in total. The molecule has 0 bridgehead atoms. The van der Waals surface area contributed by atoms with E-state index in [2.05, 4.69) is 14.9 Å². The number of aromatic nitrogens is 2. The Morgan fingerprint density at radius 3 is 3.17 bits per heavy atom. The molecule has 2 heterocycles. The van der Waals surface area contributed by atoms with E-state index in [1.54, 1.807) is 6.33 Å². The maximum absolute atomic E-state index is 5.67. The number of anilines is 1. The lowest BCUT2D eigenvalue weighted by molar-refractivity contribution is 0.0843. The summed E-state index contributed by atoms with van der Waals surface area (Å²) in [6, 6.07) is 0. The summed E-state index contributed by atoms with van der Waals surface area (Å²) < 4.78 is 5.56. The number of hydrogen-bond acceptors (Lipinski definition) is 5. The second-order valence-corrected chi connectivity index (χ2v) is 5.16.